The van der Waals surface area contributed by atoms with Crippen LogP contribution < -0.4 is 0 Å². The van der Waals surface area contributed by atoms with Gasteiger partial charge in [0.1, 0.15) is 7.59 Å². The van der Waals surface area contributed by atoms with Gasteiger partial charge in [-0.05, 0) is 20.4 Å². The molecule has 0 bridgehead atoms. The van der Waals surface area contributed by atoms with E-state index in [1.54, 1.807) is 7.11 Å². The highest BCUT2D eigenvalue weighted by Crippen LogP contribution is 2.22. The average Bonchev–Trinajstić information content (AvgIpc) is 1.83. The van der Waals surface area contributed by atoms with Crippen molar-refractivity contribution in [2.75, 3.05) is 7.11 Å². The van der Waals surface area contributed by atoms with Crippen LogP contribution in [0.15, 0.2) is 0 Å². The summed E-state index contributed by atoms with van der Waals surface area (Å²) >= 11 is 0. The van der Waals surface area contributed by atoms with Crippen molar-refractivity contribution in [3.05, 3.63) is 0 Å². The van der Waals surface area contributed by atoms with E-state index < -0.39 is 15.7 Å². The maximum absolute atomic E-state index is 5.93. The number of rotatable bonds is 4. The molecule has 0 aromatic rings. The van der Waals surface area contributed by atoms with Crippen LogP contribution in [-0.2, 0) is 8.85 Å². The Bertz CT molecular complexity index is 142. The van der Waals surface area contributed by atoms with Gasteiger partial charge in [-0.2, -0.15) is 0 Å². The van der Waals surface area contributed by atoms with E-state index in [2.05, 4.69) is 40.0 Å². The zero-order valence-corrected chi connectivity index (χ0v) is 11.4. The predicted molar refractivity (Wildman–Crippen MR) is 58.2 cm³/mol. The Labute approximate surface area is 78.3 Å². The van der Waals surface area contributed by atoms with Crippen LogP contribution in [0.5, 0.6) is 0 Å². The van der Waals surface area contributed by atoms with E-state index in [9.17, 15) is 0 Å². The van der Waals surface area contributed by atoms with Crippen LogP contribution in [0.25, 0.3) is 0 Å². The molecule has 0 aromatic heterocycles. The van der Waals surface area contributed by atoms with Crippen LogP contribution in [0.3, 0.4) is 0 Å². The highest BCUT2D eigenvalue weighted by Gasteiger charge is 2.45. The van der Waals surface area contributed by atoms with E-state index in [0.717, 1.165) is 0 Å². The standard InChI is InChI=1S/C8H22O2Si2/c1-8(2)10-12(7,9-3)11(4,5)6/h8H,1-7H3. The van der Waals surface area contributed by atoms with Crippen molar-refractivity contribution in [1.29, 1.82) is 0 Å². The molecule has 0 amide bonds. The Kier molecular flexibility index (Phi) is 4.16. The fourth-order valence-corrected chi connectivity index (χ4v) is 6.55. The summed E-state index contributed by atoms with van der Waals surface area (Å²) < 4.78 is 11.5. The van der Waals surface area contributed by atoms with Crippen LogP contribution in [0, 0.1) is 0 Å². The van der Waals surface area contributed by atoms with Crippen molar-refractivity contribution >= 4 is 15.7 Å². The van der Waals surface area contributed by atoms with Crippen molar-refractivity contribution in [3.63, 3.8) is 0 Å². The lowest BCUT2D eigenvalue weighted by molar-refractivity contribution is 0.172. The highest BCUT2D eigenvalue weighted by molar-refractivity contribution is 7.35. The second-order valence-corrected chi connectivity index (χ2v) is 18.8. The molecule has 74 valence electrons. The van der Waals surface area contributed by atoms with E-state index in [0.29, 0.717) is 0 Å². The van der Waals surface area contributed by atoms with Crippen molar-refractivity contribution in [1.82, 2.24) is 0 Å². The molecule has 0 radical (unpaired) electrons. The minimum absolute atomic E-state index is 0.286. The number of hydrogen-bond acceptors (Lipinski definition) is 2. The van der Waals surface area contributed by atoms with Gasteiger partial charge >= 0.3 is 8.08 Å². The molecular weight excluding hydrogens is 184 g/mol. The molecule has 0 aliphatic heterocycles. The summed E-state index contributed by atoms with van der Waals surface area (Å²) in [6, 6.07) is 0. The van der Waals surface area contributed by atoms with Gasteiger partial charge in [-0.1, -0.05) is 19.6 Å². The molecule has 0 spiro atoms. The van der Waals surface area contributed by atoms with Crippen LogP contribution in [-0.4, -0.2) is 28.9 Å². The van der Waals surface area contributed by atoms with Crippen LogP contribution >= 0.6 is 0 Å². The SMILES string of the molecule is CO[Si](C)(OC(C)C)[Si](C)(C)C. The molecule has 0 N–H and O–H groups in total. The molecule has 0 aromatic carbocycles. The molecule has 0 aliphatic rings. The highest BCUT2D eigenvalue weighted by atomic mass is 29.3. The second kappa shape index (κ2) is 4.04. The maximum atomic E-state index is 5.93. The molecule has 2 nitrogen and oxygen atoms in total. The summed E-state index contributed by atoms with van der Waals surface area (Å²) in [6.45, 7) is 13.3. The molecular formula is C8H22O2Si2. The fraction of sp³-hybridized carbons (Fsp3) is 1.00. The topological polar surface area (TPSA) is 18.5 Å². The van der Waals surface area contributed by atoms with Crippen molar-refractivity contribution in [2.45, 2.75) is 46.1 Å². The molecule has 1 unspecified atom stereocenters. The van der Waals surface area contributed by atoms with Crippen molar-refractivity contribution in [2.24, 2.45) is 0 Å². The van der Waals surface area contributed by atoms with Gasteiger partial charge in [-0.25, -0.2) is 0 Å². The first-order chi connectivity index (χ1) is 5.23. The zero-order valence-electron chi connectivity index (χ0n) is 9.39. The lowest BCUT2D eigenvalue weighted by Gasteiger charge is -2.37. The quantitative estimate of drug-likeness (QED) is 0.658. The predicted octanol–water partition coefficient (Wildman–Crippen LogP) is 2.55. The second-order valence-electron chi connectivity index (χ2n) is 4.57. The molecule has 12 heavy (non-hydrogen) atoms. The minimum atomic E-state index is -1.85. The minimum Gasteiger partial charge on any atom is -0.400 e. The summed E-state index contributed by atoms with van der Waals surface area (Å²) in [6.07, 6.45) is 0.286. The largest absolute Gasteiger partial charge is 0.400 e. The first-order valence-corrected chi connectivity index (χ1v) is 11.3. The molecule has 4 heteroatoms. The molecule has 0 fully saturated rings. The zero-order chi connectivity index (χ0) is 9.99. The van der Waals surface area contributed by atoms with Crippen molar-refractivity contribution in [3.8, 4) is 0 Å². The average molecular weight is 206 g/mol. The molecule has 0 aliphatic carbocycles. The molecule has 0 saturated carbocycles. The number of hydrogen-bond donors (Lipinski definition) is 0. The Morgan fingerprint density at radius 2 is 1.42 bits per heavy atom. The van der Waals surface area contributed by atoms with Crippen LogP contribution in [0.1, 0.15) is 13.8 Å². The van der Waals surface area contributed by atoms with Gasteiger partial charge in [0.15, 0.2) is 0 Å². The van der Waals surface area contributed by atoms with Crippen molar-refractivity contribution < 1.29 is 8.85 Å². The normalized spacial score (nSPS) is 18.0. The monoisotopic (exact) mass is 206 g/mol. The van der Waals surface area contributed by atoms with Gasteiger partial charge in [-0.3, -0.25) is 0 Å². The molecule has 1 atom stereocenters. The first kappa shape index (κ1) is 12.4. The van der Waals surface area contributed by atoms with Gasteiger partial charge in [0.05, 0.1) is 0 Å². The maximum Gasteiger partial charge on any atom is 0.312 e. The summed E-state index contributed by atoms with van der Waals surface area (Å²) in [7, 11) is -1.34. The van der Waals surface area contributed by atoms with Crippen LogP contribution in [0.4, 0.5) is 0 Å². The Hall–Kier alpha value is 0.354. The lowest BCUT2D eigenvalue weighted by Crippen LogP contribution is -2.60. The summed E-state index contributed by atoms with van der Waals surface area (Å²) in [5.74, 6) is 0. The van der Waals surface area contributed by atoms with E-state index >= 15 is 0 Å². The van der Waals surface area contributed by atoms with E-state index in [4.69, 9.17) is 8.85 Å². The molecule has 0 rings (SSSR count). The Balaban J connectivity index is 4.46. The molecule has 0 heterocycles. The van der Waals surface area contributed by atoms with E-state index in [1.165, 1.54) is 0 Å². The molecule has 0 saturated heterocycles. The Morgan fingerprint density at radius 1 is 1.00 bits per heavy atom. The van der Waals surface area contributed by atoms with E-state index in [1.807, 2.05) is 0 Å². The third kappa shape index (κ3) is 3.01. The van der Waals surface area contributed by atoms with Crippen LogP contribution in [0.2, 0.25) is 26.2 Å². The van der Waals surface area contributed by atoms with Gasteiger partial charge < -0.3 is 8.85 Å². The smallest absolute Gasteiger partial charge is 0.312 e. The summed E-state index contributed by atoms with van der Waals surface area (Å²) in [5, 5.41) is 0. The first-order valence-electron chi connectivity index (χ1n) is 4.46. The fourth-order valence-electron chi connectivity index (χ4n) is 0.981. The lowest BCUT2D eigenvalue weighted by atomic mass is 10.5. The summed E-state index contributed by atoms with van der Waals surface area (Å²) in [5.41, 5.74) is 0. The van der Waals surface area contributed by atoms with E-state index in [-0.39, 0.29) is 6.10 Å². The van der Waals surface area contributed by atoms with Gasteiger partial charge in [0, 0.05) is 13.2 Å². The Morgan fingerprint density at radius 3 is 1.50 bits per heavy atom. The summed E-state index contributed by atoms with van der Waals surface area (Å²) in [4.78, 5) is 0. The third-order valence-corrected chi connectivity index (χ3v) is 15.8. The third-order valence-electron chi connectivity index (χ3n) is 2.21. The van der Waals surface area contributed by atoms with Gasteiger partial charge in [0.2, 0.25) is 0 Å². The van der Waals surface area contributed by atoms with Gasteiger partial charge in [0.25, 0.3) is 0 Å². The van der Waals surface area contributed by atoms with Gasteiger partial charge in [-0.15, -0.1) is 0 Å².